The summed E-state index contributed by atoms with van der Waals surface area (Å²) in [5.41, 5.74) is 0. The highest BCUT2D eigenvalue weighted by molar-refractivity contribution is 7.90. The van der Waals surface area contributed by atoms with E-state index in [-0.39, 0.29) is 11.3 Å². The zero-order valence-electron chi connectivity index (χ0n) is 11.2. The van der Waals surface area contributed by atoms with Crippen molar-refractivity contribution in [2.24, 2.45) is 0 Å². The fourth-order valence-corrected chi connectivity index (χ4v) is 2.37. The Hall–Kier alpha value is -0.170. The maximum absolute atomic E-state index is 11.9. The summed E-state index contributed by atoms with van der Waals surface area (Å²) in [4.78, 5) is 2.00. The molecule has 1 aliphatic rings. The molecule has 1 rings (SSSR count). The molecular weight excluding hydrogens is 238 g/mol. The standard InChI is InChI=1S/C11H25N3O2S/c1-9(14(3)4)7-13-17(15,16)10(2)8-12-11-5-6-11/h9-13H,5-8H2,1-4H3. The van der Waals surface area contributed by atoms with Gasteiger partial charge >= 0.3 is 0 Å². The van der Waals surface area contributed by atoms with E-state index in [4.69, 9.17) is 0 Å². The van der Waals surface area contributed by atoms with E-state index in [1.165, 1.54) is 12.8 Å². The smallest absolute Gasteiger partial charge is 0.215 e. The zero-order chi connectivity index (χ0) is 13.1. The van der Waals surface area contributed by atoms with E-state index >= 15 is 0 Å². The summed E-state index contributed by atoms with van der Waals surface area (Å²) < 4.78 is 26.5. The Kier molecular flexibility index (Phi) is 5.37. The van der Waals surface area contributed by atoms with Gasteiger partial charge in [0.15, 0.2) is 0 Å². The molecule has 0 aromatic rings. The topological polar surface area (TPSA) is 61.4 Å². The number of likely N-dealkylation sites (N-methyl/N-ethyl adjacent to an activating group) is 1. The van der Waals surface area contributed by atoms with E-state index < -0.39 is 10.0 Å². The normalized spacial score (nSPS) is 20.5. The predicted molar refractivity (Wildman–Crippen MR) is 70.6 cm³/mol. The van der Waals surface area contributed by atoms with E-state index in [1.54, 1.807) is 6.92 Å². The van der Waals surface area contributed by atoms with Crippen molar-refractivity contribution >= 4 is 10.0 Å². The lowest BCUT2D eigenvalue weighted by molar-refractivity contribution is 0.313. The van der Waals surface area contributed by atoms with Crippen LogP contribution >= 0.6 is 0 Å². The lowest BCUT2D eigenvalue weighted by Crippen LogP contribution is -2.44. The van der Waals surface area contributed by atoms with Crippen LogP contribution in [0, 0.1) is 0 Å². The molecule has 1 fully saturated rings. The van der Waals surface area contributed by atoms with Crippen LogP contribution in [0.1, 0.15) is 26.7 Å². The number of nitrogens with zero attached hydrogens (tertiary/aromatic N) is 1. The third kappa shape index (κ3) is 5.33. The molecule has 2 N–H and O–H groups in total. The van der Waals surface area contributed by atoms with Crippen molar-refractivity contribution in [1.82, 2.24) is 14.9 Å². The lowest BCUT2D eigenvalue weighted by atomic mass is 10.3. The molecule has 0 radical (unpaired) electrons. The van der Waals surface area contributed by atoms with Gasteiger partial charge in [0, 0.05) is 25.2 Å². The van der Waals surface area contributed by atoms with Gasteiger partial charge in [-0.15, -0.1) is 0 Å². The van der Waals surface area contributed by atoms with Crippen LogP contribution in [0.4, 0.5) is 0 Å². The van der Waals surface area contributed by atoms with Crippen LogP contribution in [0.25, 0.3) is 0 Å². The molecule has 0 bridgehead atoms. The molecule has 1 saturated carbocycles. The van der Waals surface area contributed by atoms with Crippen LogP contribution in [0.15, 0.2) is 0 Å². The van der Waals surface area contributed by atoms with Crippen molar-refractivity contribution in [2.45, 2.75) is 44.0 Å². The first kappa shape index (κ1) is 14.9. The molecule has 0 amide bonds. The Morgan fingerprint density at radius 3 is 2.29 bits per heavy atom. The van der Waals surface area contributed by atoms with Gasteiger partial charge in [-0.1, -0.05) is 0 Å². The van der Waals surface area contributed by atoms with Crippen LogP contribution in [0.5, 0.6) is 0 Å². The Morgan fingerprint density at radius 2 is 1.82 bits per heavy atom. The van der Waals surface area contributed by atoms with Crippen LogP contribution < -0.4 is 10.0 Å². The molecular formula is C11H25N3O2S. The fraction of sp³-hybridized carbons (Fsp3) is 1.00. The molecule has 0 heterocycles. The largest absolute Gasteiger partial charge is 0.313 e. The average molecular weight is 263 g/mol. The number of hydrogen-bond donors (Lipinski definition) is 2. The Bertz CT molecular complexity index is 326. The molecule has 0 aromatic heterocycles. The monoisotopic (exact) mass is 263 g/mol. The molecule has 102 valence electrons. The van der Waals surface area contributed by atoms with Gasteiger partial charge in [-0.3, -0.25) is 0 Å². The third-order valence-corrected chi connectivity index (χ3v) is 5.06. The first-order valence-corrected chi connectivity index (χ1v) is 7.76. The summed E-state index contributed by atoms with van der Waals surface area (Å²) in [6.45, 7) is 4.74. The van der Waals surface area contributed by atoms with Gasteiger partial charge in [0.1, 0.15) is 0 Å². The van der Waals surface area contributed by atoms with Gasteiger partial charge in [0.2, 0.25) is 10.0 Å². The van der Waals surface area contributed by atoms with Crippen molar-refractivity contribution in [2.75, 3.05) is 27.2 Å². The van der Waals surface area contributed by atoms with Gasteiger partial charge in [-0.05, 0) is 40.8 Å². The number of hydrogen-bond acceptors (Lipinski definition) is 4. The van der Waals surface area contributed by atoms with E-state index in [0.717, 1.165) is 0 Å². The Balaban J connectivity index is 2.32. The summed E-state index contributed by atoms with van der Waals surface area (Å²) in [5.74, 6) is 0. The van der Waals surface area contributed by atoms with Crippen molar-refractivity contribution in [1.29, 1.82) is 0 Å². The molecule has 5 nitrogen and oxygen atoms in total. The first-order chi connectivity index (χ1) is 7.83. The van der Waals surface area contributed by atoms with Gasteiger partial charge < -0.3 is 10.2 Å². The second kappa shape index (κ2) is 6.13. The van der Waals surface area contributed by atoms with E-state index in [0.29, 0.717) is 19.1 Å². The molecule has 0 spiro atoms. The molecule has 6 heteroatoms. The maximum Gasteiger partial charge on any atom is 0.215 e. The molecule has 1 aliphatic carbocycles. The molecule has 0 aromatic carbocycles. The SMILES string of the molecule is CC(CNS(=O)(=O)C(C)CNC1CC1)N(C)C. The maximum atomic E-state index is 11.9. The molecule has 0 saturated heterocycles. The summed E-state index contributed by atoms with van der Waals surface area (Å²) >= 11 is 0. The summed E-state index contributed by atoms with van der Waals surface area (Å²) in [6.07, 6.45) is 2.36. The fourth-order valence-electron chi connectivity index (χ4n) is 1.29. The number of nitrogens with one attached hydrogen (secondary N) is 2. The third-order valence-electron chi connectivity index (χ3n) is 3.26. The van der Waals surface area contributed by atoms with Crippen molar-refractivity contribution in [3.8, 4) is 0 Å². The zero-order valence-corrected chi connectivity index (χ0v) is 12.0. The predicted octanol–water partition coefficient (Wildman–Crippen LogP) is -0.00360. The van der Waals surface area contributed by atoms with Gasteiger partial charge in [0.25, 0.3) is 0 Å². The molecule has 0 aliphatic heterocycles. The quantitative estimate of drug-likeness (QED) is 0.647. The van der Waals surface area contributed by atoms with Crippen molar-refractivity contribution in [3.63, 3.8) is 0 Å². The van der Waals surface area contributed by atoms with Crippen LogP contribution in [-0.4, -0.2) is 57.8 Å². The minimum absolute atomic E-state index is 0.202. The van der Waals surface area contributed by atoms with Gasteiger partial charge in [0.05, 0.1) is 5.25 Å². The highest BCUT2D eigenvalue weighted by atomic mass is 32.2. The van der Waals surface area contributed by atoms with E-state index in [1.807, 2.05) is 25.9 Å². The first-order valence-electron chi connectivity index (χ1n) is 6.21. The van der Waals surface area contributed by atoms with E-state index in [9.17, 15) is 8.42 Å². The molecule has 2 unspecified atom stereocenters. The highest BCUT2D eigenvalue weighted by Gasteiger charge is 2.25. The minimum Gasteiger partial charge on any atom is -0.313 e. The second-order valence-corrected chi connectivity index (χ2v) is 7.38. The second-order valence-electron chi connectivity index (χ2n) is 5.20. The highest BCUT2D eigenvalue weighted by Crippen LogP contribution is 2.18. The van der Waals surface area contributed by atoms with Crippen molar-refractivity contribution < 1.29 is 8.42 Å². The molecule has 17 heavy (non-hydrogen) atoms. The van der Waals surface area contributed by atoms with Crippen LogP contribution in [0.3, 0.4) is 0 Å². The van der Waals surface area contributed by atoms with Gasteiger partial charge in [-0.2, -0.15) is 0 Å². The molecule has 2 atom stereocenters. The summed E-state index contributed by atoms with van der Waals surface area (Å²) in [6, 6.07) is 0.752. The van der Waals surface area contributed by atoms with Crippen LogP contribution in [0.2, 0.25) is 0 Å². The van der Waals surface area contributed by atoms with Gasteiger partial charge in [-0.25, -0.2) is 13.1 Å². The lowest BCUT2D eigenvalue weighted by Gasteiger charge is -2.21. The number of sulfonamides is 1. The van der Waals surface area contributed by atoms with E-state index in [2.05, 4.69) is 10.0 Å². The Morgan fingerprint density at radius 1 is 1.24 bits per heavy atom. The van der Waals surface area contributed by atoms with Crippen LogP contribution in [-0.2, 0) is 10.0 Å². The summed E-state index contributed by atoms with van der Waals surface area (Å²) in [5, 5.41) is 2.87. The minimum atomic E-state index is -3.20. The average Bonchev–Trinajstić information content (AvgIpc) is 3.06. The van der Waals surface area contributed by atoms with Crippen molar-refractivity contribution in [3.05, 3.63) is 0 Å². The summed E-state index contributed by atoms with van der Waals surface area (Å²) in [7, 11) is 0.687. The Labute approximate surface area is 105 Å². The number of rotatable bonds is 8.